The van der Waals surface area contributed by atoms with Gasteiger partial charge in [0.05, 0.1) is 24.3 Å². The summed E-state index contributed by atoms with van der Waals surface area (Å²) in [5.41, 5.74) is 2.70. The fourth-order valence-electron chi connectivity index (χ4n) is 4.80. The Bertz CT molecular complexity index is 1600. The van der Waals surface area contributed by atoms with Gasteiger partial charge in [0.25, 0.3) is 0 Å². The molecule has 0 saturated carbocycles. The minimum absolute atomic E-state index is 0.231. The second kappa shape index (κ2) is 11.9. The standard InChI is InChI=1S/C32H28Cl2N2O3/c1-38-30-14-11-21(17-31(30)39-2)15-16-36(32(37)35-24-12-13-28(33)29(34)19-24)20-27-25-9-5-3-7-22(25)18-23-8-4-6-10-26(23)27/h3-14,17-19H,15-16,20H2,1-2H3,(H,35,37). The van der Waals surface area contributed by atoms with Crippen LogP contribution in [0.4, 0.5) is 10.5 Å². The Hall–Kier alpha value is -3.93. The Balaban J connectivity index is 1.50. The highest BCUT2D eigenvalue weighted by Gasteiger charge is 2.19. The molecule has 2 amide bonds. The minimum Gasteiger partial charge on any atom is -0.493 e. The van der Waals surface area contributed by atoms with Crippen molar-refractivity contribution in [3.05, 3.63) is 112 Å². The van der Waals surface area contributed by atoms with E-state index < -0.39 is 0 Å². The molecule has 0 aromatic heterocycles. The number of halogens is 2. The average Bonchev–Trinajstić information content (AvgIpc) is 2.96. The molecule has 0 aliphatic carbocycles. The predicted molar refractivity (Wildman–Crippen MR) is 161 cm³/mol. The highest BCUT2D eigenvalue weighted by atomic mass is 35.5. The van der Waals surface area contributed by atoms with Gasteiger partial charge in [0, 0.05) is 18.8 Å². The molecule has 5 aromatic rings. The van der Waals surface area contributed by atoms with Gasteiger partial charge < -0.3 is 19.7 Å². The summed E-state index contributed by atoms with van der Waals surface area (Å²) in [5.74, 6) is 1.32. The average molecular weight is 559 g/mol. The van der Waals surface area contributed by atoms with Crippen molar-refractivity contribution < 1.29 is 14.3 Å². The molecule has 0 saturated heterocycles. The molecule has 0 bridgehead atoms. The number of hydrogen-bond acceptors (Lipinski definition) is 3. The second-order valence-electron chi connectivity index (χ2n) is 9.22. The van der Waals surface area contributed by atoms with Gasteiger partial charge in [-0.15, -0.1) is 0 Å². The van der Waals surface area contributed by atoms with E-state index in [0.717, 1.165) is 32.7 Å². The summed E-state index contributed by atoms with van der Waals surface area (Å²) in [7, 11) is 3.23. The number of nitrogens with one attached hydrogen (secondary N) is 1. The number of rotatable bonds is 8. The van der Waals surface area contributed by atoms with Gasteiger partial charge in [-0.3, -0.25) is 0 Å². The molecule has 5 rings (SSSR count). The number of nitrogens with zero attached hydrogens (tertiary/aromatic N) is 1. The number of urea groups is 1. The second-order valence-corrected chi connectivity index (χ2v) is 10.0. The molecule has 0 radical (unpaired) electrons. The van der Waals surface area contributed by atoms with Crippen LogP contribution in [0.1, 0.15) is 11.1 Å². The van der Waals surface area contributed by atoms with Crippen LogP contribution in [-0.2, 0) is 13.0 Å². The summed E-state index contributed by atoms with van der Waals surface area (Å²) in [6, 6.07) is 29.4. The van der Waals surface area contributed by atoms with Gasteiger partial charge in [0.1, 0.15) is 0 Å². The summed E-state index contributed by atoms with van der Waals surface area (Å²) in [6.07, 6.45) is 0.623. The van der Waals surface area contributed by atoms with Crippen LogP contribution in [0.5, 0.6) is 11.5 Å². The molecule has 0 aliphatic heterocycles. The highest BCUT2D eigenvalue weighted by molar-refractivity contribution is 6.42. The van der Waals surface area contributed by atoms with E-state index in [1.54, 1.807) is 32.4 Å². The van der Waals surface area contributed by atoms with Crippen molar-refractivity contribution in [1.29, 1.82) is 0 Å². The zero-order valence-electron chi connectivity index (χ0n) is 21.7. The fourth-order valence-corrected chi connectivity index (χ4v) is 5.10. The zero-order chi connectivity index (χ0) is 27.4. The third-order valence-electron chi connectivity index (χ3n) is 6.81. The Morgan fingerprint density at radius 3 is 2.08 bits per heavy atom. The Kier molecular flexibility index (Phi) is 8.10. The lowest BCUT2D eigenvalue weighted by atomic mass is 9.96. The van der Waals surface area contributed by atoms with E-state index in [1.165, 1.54) is 0 Å². The fraction of sp³-hybridized carbons (Fsp3) is 0.156. The Labute approximate surface area is 237 Å². The molecular formula is C32H28Cl2N2O3. The van der Waals surface area contributed by atoms with Gasteiger partial charge in [-0.25, -0.2) is 4.79 Å². The number of carbonyl (C=O) groups excluding carboxylic acids is 1. The summed E-state index contributed by atoms with van der Waals surface area (Å²) >= 11 is 12.3. The number of anilines is 1. The maximum Gasteiger partial charge on any atom is 0.322 e. The van der Waals surface area contributed by atoms with Crippen molar-refractivity contribution in [1.82, 2.24) is 4.90 Å². The largest absolute Gasteiger partial charge is 0.493 e. The van der Waals surface area contributed by atoms with Gasteiger partial charge >= 0.3 is 6.03 Å². The Morgan fingerprint density at radius 2 is 1.44 bits per heavy atom. The first kappa shape index (κ1) is 26.7. The van der Waals surface area contributed by atoms with Gasteiger partial charge in [-0.1, -0.05) is 77.8 Å². The number of carbonyl (C=O) groups is 1. The van der Waals surface area contributed by atoms with Gasteiger partial charge in [-0.05, 0) is 75.5 Å². The molecule has 0 atom stereocenters. The number of ether oxygens (including phenoxy) is 2. The molecule has 7 heteroatoms. The highest BCUT2D eigenvalue weighted by Crippen LogP contribution is 2.31. The quantitative estimate of drug-likeness (QED) is 0.194. The monoisotopic (exact) mass is 558 g/mol. The molecule has 1 N–H and O–H groups in total. The molecule has 0 spiro atoms. The van der Waals surface area contributed by atoms with Crippen molar-refractivity contribution in [3.63, 3.8) is 0 Å². The van der Waals surface area contributed by atoms with Crippen LogP contribution in [0, 0.1) is 0 Å². The van der Waals surface area contributed by atoms with Crippen LogP contribution in [0.25, 0.3) is 21.5 Å². The van der Waals surface area contributed by atoms with Crippen LogP contribution >= 0.6 is 23.2 Å². The molecule has 0 unspecified atom stereocenters. The third-order valence-corrected chi connectivity index (χ3v) is 7.55. The normalized spacial score (nSPS) is 11.0. The molecule has 39 heavy (non-hydrogen) atoms. The topological polar surface area (TPSA) is 50.8 Å². The summed E-state index contributed by atoms with van der Waals surface area (Å²) in [4.78, 5) is 15.6. The molecule has 5 nitrogen and oxygen atoms in total. The molecule has 0 fully saturated rings. The van der Waals surface area contributed by atoms with Crippen molar-refractivity contribution in [2.24, 2.45) is 0 Å². The minimum atomic E-state index is -0.231. The van der Waals surface area contributed by atoms with Crippen molar-refractivity contribution >= 4 is 56.5 Å². The number of amides is 2. The van der Waals surface area contributed by atoms with Gasteiger partial charge in [0.2, 0.25) is 0 Å². The number of fused-ring (bicyclic) bond motifs is 2. The first-order chi connectivity index (χ1) is 19.0. The lowest BCUT2D eigenvalue weighted by Crippen LogP contribution is -2.36. The van der Waals surface area contributed by atoms with Crippen molar-refractivity contribution in [3.8, 4) is 11.5 Å². The summed E-state index contributed by atoms with van der Waals surface area (Å²) in [6.45, 7) is 0.891. The first-order valence-corrected chi connectivity index (χ1v) is 13.3. The molecular weight excluding hydrogens is 531 g/mol. The van der Waals surface area contributed by atoms with E-state index >= 15 is 0 Å². The van der Waals surface area contributed by atoms with Gasteiger partial charge in [0.15, 0.2) is 11.5 Å². The van der Waals surface area contributed by atoms with Crippen LogP contribution in [0.2, 0.25) is 10.0 Å². The van der Waals surface area contributed by atoms with Gasteiger partial charge in [-0.2, -0.15) is 0 Å². The molecule has 198 valence electrons. The smallest absolute Gasteiger partial charge is 0.322 e. The third kappa shape index (κ3) is 5.90. The van der Waals surface area contributed by atoms with E-state index in [9.17, 15) is 4.79 Å². The SMILES string of the molecule is COc1ccc(CCN(Cc2c3ccccc3cc3ccccc23)C(=O)Nc2ccc(Cl)c(Cl)c2)cc1OC. The zero-order valence-corrected chi connectivity index (χ0v) is 23.2. The molecule has 0 aliphatic rings. The van der Waals surface area contributed by atoms with E-state index in [0.29, 0.717) is 46.7 Å². The van der Waals surface area contributed by atoms with Crippen molar-refractivity contribution in [2.45, 2.75) is 13.0 Å². The first-order valence-electron chi connectivity index (χ1n) is 12.6. The summed E-state index contributed by atoms with van der Waals surface area (Å²) < 4.78 is 10.9. The number of methoxy groups -OCH3 is 2. The Morgan fingerprint density at radius 1 is 0.769 bits per heavy atom. The van der Waals surface area contributed by atoms with E-state index in [2.05, 4.69) is 35.6 Å². The van der Waals surface area contributed by atoms with E-state index in [1.807, 2.05) is 47.4 Å². The lowest BCUT2D eigenvalue weighted by molar-refractivity contribution is 0.210. The lowest BCUT2D eigenvalue weighted by Gasteiger charge is -2.25. The van der Waals surface area contributed by atoms with Crippen LogP contribution in [0.15, 0.2) is 91.0 Å². The van der Waals surface area contributed by atoms with E-state index in [-0.39, 0.29) is 6.03 Å². The van der Waals surface area contributed by atoms with Crippen LogP contribution in [0.3, 0.4) is 0 Å². The maximum atomic E-state index is 13.7. The molecule has 5 aromatic carbocycles. The predicted octanol–water partition coefficient (Wildman–Crippen LogP) is 8.59. The number of hydrogen-bond donors (Lipinski definition) is 1. The summed E-state index contributed by atoms with van der Waals surface area (Å²) in [5, 5.41) is 8.33. The van der Waals surface area contributed by atoms with Crippen molar-refractivity contribution in [2.75, 3.05) is 26.1 Å². The molecule has 0 heterocycles. The van der Waals surface area contributed by atoms with Crippen LogP contribution in [-0.4, -0.2) is 31.7 Å². The van der Waals surface area contributed by atoms with E-state index in [4.69, 9.17) is 32.7 Å². The van der Waals surface area contributed by atoms with Crippen LogP contribution < -0.4 is 14.8 Å². The number of benzene rings is 5. The maximum absolute atomic E-state index is 13.7.